The SMILES string of the molecule is COc1ccc(Cl)c2sc(N(Cc3cccnc3)C(=O)C3CCN(S(=O)(=O)c4ccc(C)cc4)CC3)nc12. The summed E-state index contributed by atoms with van der Waals surface area (Å²) in [7, 11) is -2.05. The van der Waals surface area contributed by atoms with Crippen LogP contribution in [-0.4, -0.2) is 48.8 Å². The van der Waals surface area contributed by atoms with E-state index in [4.69, 9.17) is 21.3 Å². The number of ether oxygens (including phenoxy) is 1. The van der Waals surface area contributed by atoms with Crippen molar-refractivity contribution in [2.24, 2.45) is 5.92 Å². The number of sulfonamides is 1. The Hall–Kier alpha value is -3.05. The number of anilines is 1. The van der Waals surface area contributed by atoms with Crippen LogP contribution in [0, 0.1) is 12.8 Å². The minimum atomic E-state index is -3.62. The summed E-state index contributed by atoms with van der Waals surface area (Å²) in [5, 5.41) is 1.04. The van der Waals surface area contributed by atoms with E-state index in [1.54, 1.807) is 60.8 Å². The number of carbonyl (C=O) groups excluding carboxylic acids is 1. The maximum Gasteiger partial charge on any atom is 0.243 e. The van der Waals surface area contributed by atoms with Crippen molar-refractivity contribution < 1.29 is 17.9 Å². The normalized spacial score (nSPS) is 15.0. The molecule has 1 aliphatic rings. The lowest BCUT2D eigenvalue weighted by molar-refractivity contribution is -0.123. The number of halogens is 1. The molecule has 2 aromatic heterocycles. The Kier molecular flexibility index (Phi) is 7.67. The van der Waals surface area contributed by atoms with Crippen LogP contribution in [0.4, 0.5) is 5.13 Å². The van der Waals surface area contributed by atoms with Gasteiger partial charge in [0.05, 0.1) is 28.3 Å². The molecule has 0 bridgehead atoms. The average Bonchev–Trinajstić information content (AvgIpc) is 3.39. The molecule has 1 amide bonds. The quantitative estimate of drug-likeness (QED) is 0.299. The van der Waals surface area contributed by atoms with Crippen LogP contribution in [0.15, 0.2) is 65.8 Å². The zero-order chi connectivity index (χ0) is 26.9. The first-order chi connectivity index (χ1) is 18.3. The summed E-state index contributed by atoms with van der Waals surface area (Å²) in [6.07, 6.45) is 4.24. The maximum absolute atomic E-state index is 13.9. The highest BCUT2D eigenvalue weighted by atomic mass is 35.5. The first-order valence-corrected chi connectivity index (χ1v) is 14.8. The average molecular weight is 571 g/mol. The van der Waals surface area contributed by atoms with Crippen LogP contribution in [0.25, 0.3) is 10.2 Å². The molecule has 38 heavy (non-hydrogen) atoms. The van der Waals surface area contributed by atoms with Crippen molar-refractivity contribution in [3.05, 3.63) is 77.1 Å². The summed E-state index contributed by atoms with van der Waals surface area (Å²) in [6, 6.07) is 14.1. The van der Waals surface area contributed by atoms with Gasteiger partial charge in [0.2, 0.25) is 15.9 Å². The number of aromatic nitrogens is 2. The Morgan fingerprint density at radius 3 is 2.55 bits per heavy atom. The van der Waals surface area contributed by atoms with Crippen molar-refractivity contribution >= 4 is 54.2 Å². The highest BCUT2D eigenvalue weighted by Gasteiger charge is 2.35. The number of pyridine rings is 1. The number of methoxy groups -OCH3 is 1. The van der Waals surface area contributed by atoms with Crippen molar-refractivity contribution in [1.82, 2.24) is 14.3 Å². The van der Waals surface area contributed by atoms with Gasteiger partial charge in [-0.05, 0) is 55.7 Å². The largest absolute Gasteiger partial charge is 0.494 e. The zero-order valence-corrected chi connectivity index (χ0v) is 23.4. The van der Waals surface area contributed by atoms with E-state index in [9.17, 15) is 13.2 Å². The van der Waals surface area contributed by atoms with Crippen molar-refractivity contribution in [3.8, 4) is 5.75 Å². The van der Waals surface area contributed by atoms with Crippen molar-refractivity contribution in [3.63, 3.8) is 0 Å². The summed E-state index contributed by atoms with van der Waals surface area (Å²) in [6.45, 7) is 2.74. The van der Waals surface area contributed by atoms with Gasteiger partial charge in [-0.3, -0.25) is 14.7 Å². The van der Waals surface area contributed by atoms with Crippen LogP contribution in [0.2, 0.25) is 5.02 Å². The number of hydrogen-bond donors (Lipinski definition) is 0. The third kappa shape index (κ3) is 5.26. The number of nitrogens with zero attached hydrogens (tertiary/aromatic N) is 4. The number of fused-ring (bicyclic) bond motifs is 1. The van der Waals surface area contributed by atoms with E-state index >= 15 is 0 Å². The van der Waals surface area contributed by atoms with Crippen LogP contribution in [0.3, 0.4) is 0 Å². The fourth-order valence-electron chi connectivity index (χ4n) is 4.56. The number of amides is 1. The van der Waals surface area contributed by atoms with Crippen molar-refractivity contribution in [2.45, 2.75) is 31.2 Å². The number of hydrogen-bond acceptors (Lipinski definition) is 7. The Bertz CT molecular complexity index is 1550. The molecule has 0 N–H and O–H groups in total. The van der Waals surface area contributed by atoms with Gasteiger partial charge in [0.1, 0.15) is 11.3 Å². The summed E-state index contributed by atoms with van der Waals surface area (Å²) in [5.41, 5.74) is 2.45. The van der Waals surface area contributed by atoms with Crippen LogP contribution >= 0.6 is 22.9 Å². The smallest absolute Gasteiger partial charge is 0.243 e. The lowest BCUT2D eigenvalue weighted by Gasteiger charge is -2.33. The second-order valence-electron chi connectivity index (χ2n) is 9.20. The summed E-state index contributed by atoms with van der Waals surface area (Å²) in [4.78, 5) is 24.8. The molecule has 4 aromatic rings. The van der Waals surface area contributed by atoms with E-state index in [2.05, 4.69) is 4.98 Å². The van der Waals surface area contributed by atoms with Crippen LogP contribution in [0.5, 0.6) is 5.75 Å². The molecule has 8 nitrogen and oxygen atoms in total. The lowest BCUT2D eigenvalue weighted by atomic mass is 9.96. The van der Waals surface area contributed by atoms with E-state index in [1.807, 2.05) is 19.1 Å². The molecule has 198 valence electrons. The Morgan fingerprint density at radius 1 is 1.16 bits per heavy atom. The molecule has 5 rings (SSSR count). The van der Waals surface area contributed by atoms with E-state index in [0.29, 0.717) is 34.3 Å². The molecule has 0 saturated carbocycles. The molecule has 0 aliphatic carbocycles. The van der Waals surface area contributed by atoms with Gasteiger partial charge in [0.25, 0.3) is 0 Å². The van der Waals surface area contributed by atoms with E-state index in [-0.39, 0.29) is 36.4 Å². The number of piperidine rings is 1. The molecular weight excluding hydrogens is 544 g/mol. The number of carbonyl (C=O) groups is 1. The Labute approximate surface area is 230 Å². The third-order valence-electron chi connectivity index (χ3n) is 6.69. The molecule has 1 aliphatic heterocycles. The highest BCUT2D eigenvalue weighted by Crippen LogP contribution is 2.40. The van der Waals surface area contributed by atoms with Gasteiger partial charge in [-0.1, -0.05) is 46.7 Å². The standard InChI is InChI=1S/C27H27ClN4O4S2/c1-18-5-7-21(8-6-18)38(34,35)31-14-11-20(12-15-31)26(33)32(17-19-4-3-13-29-16-19)27-30-24-23(36-2)10-9-22(28)25(24)37-27/h3-10,13,16,20H,11-12,14-15,17H2,1-2H3. The number of benzene rings is 2. The molecule has 0 radical (unpaired) electrons. The topological polar surface area (TPSA) is 92.7 Å². The monoisotopic (exact) mass is 570 g/mol. The van der Waals surface area contributed by atoms with Gasteiger partial charge < -0.3 is 4.74 Å². The van der Waals surface area contributed by atoms with Gasteiger partial charge in [-0.15, -0.1) is 0 Å². The molecule has 0 unspecified atom stereocenters. The Morgan fingerprint density at radius 2 is 1.89 bits per heavy atom. The van der Waals surface area contributed by atoms with Gasteiger partial charge in [-0.2, -0.15) is 4.31 Å². The van der Waals surface area contributed by atoms with E-state index < -0.39 is 10.0 Å². The Balaban J connectivity index is 1.40. The number of rotatable bonds is 7. The van der Waals surface area contributed by atoms with E-state index in [1.165, 1.54) is 15.6 Å². The minimum Gasteiger partial charge on any atom is -0.494 e. The van der Waals surface area contributed by atoms with Crippen LogP contribution < -0.4 is 9.64 Å². The third-order valence-corrected chi connectivity index (χ3v) is 10.1. The fraction of sp³-hybridized carbons (Fsp3) is 0.296. The molecule has 11 heteroatoms. The first kappa shape index (κ1) is 26.6. The highest BCUT2D eigenvalue weighted by molar-refractivity contribution is 7.89. The van der Waals surface area contributed by atoms with Crippen molar-refractivity contribution in [1.29, 1.82) is 0 Å². The van der Waals surface area contributed by atoms with Crippen molar-refractivity contribution in [2.75, 3.05) is 25.1 Å². The molecule has 2 aromatic carbocycles. The molecule has 0 atom stereocenters. The predicted octanol–water partition coefficient (Wildman–Crippen LogP) is 5.30. The van der Waals surface area contributed by atoms with Gasteiger partial charge in [0.15, 0.2) is 5.13 Å². The fourth-order valence-corrected chi connectivity index (χ4v) is 7.29. The van der Waals surface area contributed by atoms with E-state index in [0.717, 1.165) is 15.8 Å². The van der Waals surface area contributed by atoms with Gasteiger partial charge >= 0.3 is 0 Å². The zero-order valence-electron chi connectivity index (χ0n) is 21.0. The van der Waals surface area contributed by atoms with Crippen LogP contribution in [-0.2, 0) is 21.4 Å². The molecule has 3 heterocycles. The number of aryl methyl sites for hydroxylation is 1. The maximum atomic E-state index is 13.9. The lowest BCUT2D eigenvalue weighted by Crippen LogP contribution is -2.44. The molecule has 1 fully saturated rings. The van der Waals surface area contributed by atoms with Crippen LogP contribution in [0.1, 0.15) is 24.0 Å². The first-order valence-electron chi connectivity index (χ1n) is 12.2. The molecule has 1 saturated heterocycles. The predicted molar refractivity (Wildman–Crippen MR) is 149 cm³/mol. The summed E-state index contributed by atoms with van der Waals surface area (Å²) < 4.78 is 34.0. The van der Waals surface area contributed by atoms with Gasteiger partial charge in [0, 0.05) is 31.4 Å². The molecule has 0 spiro atoms. The summed E-state index contributed by atoms with van der Waals surface area (Å²) >= 11 is 7.78. The second kappa shape index (κ2) is 11.0. The van der Waals surface area contributed by atoms with Gasteiger partial charge in [-0.25, -0.2) is 13.4 Å². The molecular formula is C27H27ClN4O4S2. The number of thiazole rings is 1. The minimum absolute atomic E-state index is 0.101. The second-order valence-corrected chi connectivity index (χ2v) is 12.5. The summed E-state index contributed by atoms with van der Waals surface area (Å²) in [5.74, 6) is 0.131.